The van der Waals surface area contributed by atoms with E-state index in [1.165, 1.54) is 5.56 Å². The van der Waals surface area contributed by atoms with Crippen LogP contribution in [0, 0.1) is 0 Å². The zero-order chi connectivity index (χ0) is 16.5. The molecular formula is C16H22N4O3. The normalized spacial score (nSPS) is 10.7. The standard InChI is InChI=1S/C16H22N4O3/c1-2-13-7-6-8-14(11-13)23-12-15-17-18-19-20(15)10-5-3-4-9-16(21)22/h6-8,11H,2-5,9-10,12H2,1H3,(H,21,22). The maximum Gasteiger partial charge on any atom is 0.303 e. The number of hydrogen-bond donors (Lipinski definition) is 1. The maximum absolute atomic E-state index is 10.5. The lowest BCUT2D eigenvalue weighted by Gasteiger charge is -2.08. The highest BCUT2D eigenvalue weighted by Gasteiger charge is 2.07. The molecule has 0 bridgehead atoms. The summed E-state index contributed by atoms with van der Waals surface area (Å²) < 4.78 is 7.46. The van der Waals surface area contributed by atoms with Crippen LogP contribution in [0.15, 0.2) is 24.3 Å². The lowest BCUT2D eigenvalue weighted by molar-refractivity contribution is -0.137. The van der Waals surface area contributed by atoms with E-state index < -0.39 is 5.97 Å². The lowest BCUT2D eigenvalue weighted by Crippen LogP contribution is -2.09. The molecule has 0 aliphatic heterocycles. The Labute approximate surface area is 135 Å². The molecule has 1 aromatic carbocycles. The van der Waals surface area contributed by atoms with Gasteiger partial charge in [-0.05, 0) is 47.4 Å². The fourth-order valence-electron chi connectivity index (χ4n) is 2.22. The first-order valence-corrected chi connectivity index (χ1v) is 7.87. The van der Waals surface area contributed by atoms with Crippen molar-refractivity contribution in [2.24, 2.45) is 0 Å². The number of ether oxygens (including phenoxy) is 1. The maximum atomic E-state index is 10.5. The highest BCUT2D eigenvalue weighted by atomic mass is 16.5. The summed E-state index contributed by atoms with van der Waals surface area (Å²) in [6, 6.07) is 7.97. The highest BCUT2D eigenvalue weighted by molar-refractivity contribution is 5.66. The van der Waals surface area contributed by atoms with Gasteiger partial charge in [0.15, 0.2) is 5.82 Å². The van der Waals surface area contributed by atoms with Gasteiger partial charge in [-0.15, -0.1) is 5.10 Å². The van der Waals surface area contributed by atoms with Crippen LogP contribution in [-0.2, 0) is 24.4 Å². The number of carboxylic acid groups (broad SMARTS) is 1. The molecule has 0 fully saturated rings. The Hall–Kier alpha value is -2.44. The zero-order valence-electron chi connectivity index (χ0n) is 13.3. The molecule has 0 unspecified atom stereocenters. The van der Waals surface area contributed by atoms with Gasteiger partial charge >= 0.3 is 5.97 Å². The lowest BCUT2D eigenvalue weighted by atomic mass is 10.2. The third kappa shape index (κ3) is 5.69. The summed E-state index contributed by atoms with van der Waals surface area (Å²) in [6.07, 6.45) is 3.53. The summed E-state index contributed by atoms with van der Waals surface area (Å²) in [5, 5.41) is 20.2. The van der Waals surface area contributed by atoms with Crippen molar-refractivity contribution in [3.05, 3.63) is 35.7 Å². The van der Waals surface area contributed by atoms with E-state index in [-0.39, 0.29) is 6.42 Å². The average Bonchev–Trinajstić information content (AvgIpc) is 3.00. The van der Waals surface area contributed by atoms with Gasteiger partial charge in [0.25, 0.3) is 0 Å². The molecule has 2 rings (SSSR count). The summed E-state index contributed by atoms with van der Waals surface area (Å²) in [4.78, 5) is 10.5. The monoisotopic (exact) mass is 318 g/mol. The van der Waals surface area contributed by atoms with Crippen molar-refractivity contribution in [2.75, 3.05) is 0 Å². The molecular weight excluding hydrogens is 296 g/mol. The first-order chi connectivity index (χ1) is 11.2. The van der Waals surface area contributed by atoms with Crippen molar-refractivity contribution in [1.29, 1.82) is 0 Å². The van der Waals surface area contributed by atoms with Gasteiger partial charge in [0.1, 0.15) is 12.4 Å². The van der Waals surface area contributed by atoms with E-state index >= 15 is 0 Å². The van der Waals surface area contributed by atoms with Crippen molar-refractivity contribution in [2.45, 2.75) is 52.2 Å². The minimum absolute atomic E-state index is 0.208. The molecule has 7 heteroatoms. The van der Waals surface area contributed by atoms with Gasteiger partial charge in [0.05, 0.1) is 0 Å². The Bertz CT molecular complexity index is 627. The Morgan fingerprint density at radius 1 is 1.30 bits per heavy atom. The number of nitrogens with zero attached hydrogens (tertiary/aromatic N) is 4. The molecule has 1 heterocycles. The van der Waals surface area contributed by atoms with Crippen molar-refractivity contribution in [3.8, 4) is 5.75 Å². The van der Waals surface area contributed by atoms with E-state index in [0.717, 1.165) is 25.0 Å². The van der Waals surface area contributed by atoms with Crippen LogP contribution in [0.2, 0.25) is 0 Å². The molecule has 124 valence electrons. The smallest absolute Gasteiger partial charge is 0.303 e. The van der Waals surface area contributed by atoms with E-state index in [2.05, 4.69) is 28.5 Å². The fraction of sp³-hybridized carbons (Fsp3) is 0.500. The fourth-order valence-corrected chi connectivity index (χ4v) is 2.22. The molecule has 0 radical (unpaired) electrons. The summed E-state index contributed by atoms with van der Waals surface area (Å²) >= 11 is 0. The van der Waals surface area contributed by atoms with Gasteiger partial charge in [-0.2, -0.15) is 0 Å². The zero-order valence-corrected chi connectivity index (χ0v) is 13.3. The van der Waals surface area contributed by atoms with E-state index in [0.29, 0.717) is 25.4 Å². The van der Waals surface area contributed by atoms with Gasteiger partial charge in [-0.3, -0.25) is 4.79 Å². The van der Waals surface area contributed by atoms with Crippen molar-refractivity contribution in [1.82, 2.24) is 20.2 Å². The molecule has 1 aromatic heterocycles. The van der Waals surface area contributed by atoms with Crippen molar-refractivity contribution in [3.63, 3.8) is 0 Å². The number of carbonyl (C=O) groups is 1. The molecule has 0 saturated heterocycles. The molecule has 23 heavy (non-hydrogen) atoms. The molecule has 0 aliphatic rings. The van der Waals surface area contributed by atoms with E-state index in [9.17, 15) is 4.79 Å². The quantitative estimate of drug-likeness (QED) is 0.677. The van der Waals surface area contributed by atoms with Gasteiger partial charge in [-0.25, -0.2) is 4.68 Å². The van der Waals surface area contributed by atoms with E-state index in [4.69, 9.17) is 9.84 Å². The third-order valence-electron chi connectivity index (χ3n) is 3.54. The molecule has 0 saturated carbocycles. The van der Waals surface area contributed by atoms with Crippen LogP contribution in [0.25, 0.3) is 0 Å². The summed E-state index contributed by atoms with van der Waals surface area (Å²) in [5.74, 6) is 0.723. The number of aryl methyl sites for hydroxylation is 2. The minimum atomic E-state index is -0.754. The molecule has 0 spiro atoms. The second kappa shape index (κ2) is 8.87. The van der Waals surface area contributed by atoms with Crippen molar-refractivity contribution >= 4 is 5.97 Å². The largest absolute Gasteiger partial charge is 0.486 e. The second-order valence-corrected chi connectivity index (χ2v) is 5.31. The number of carboxylic acids is 1. The molecule has 0 amide bonds. The number of aromatic nitrogens is 4. The molecule has 7 nitrogen and oxygen atoms in total. The summed E-state index contributed by atoms with van der Waals surface area (Å²) in [7, 11) is 0. The third-order valence-corrected chi connectivity index (χ3v) is 3.54. The second-order valence-electron chi connectivity index (χ2n) is 5.31. The van der Waals surface area contributed by atoms with Crippen LogP contribution in [0.5, 0.6) is 5.75 Å². The number of rotatable bonds is 10. The van der Waals surface area contributed by atoms with E-state index in [1.807, 2.05) is 18.2 Å². The Kier molecular flexibility index (Phi) is 6.53. The predicted octanol–water partition coefficient (Wildman–Crippen LogP) is 2.46. The van der Waals surface area contributed by atoms with Crippen LogP contribution < -0.4 is 4.74 Å². The van der Waals surface area contributed by atoms with Crippen LogP contribution in [0.4, 0.5) is 0 Å². The molecule has 1 N–H and O–H groups in total. The highest BCUT2D eigenvalue weighted by Crippen LogP contribution is 2.15. The Morgan fingerprint density at radius 3 is 2.96 bits per heavy atom. The van der Waals surface area contributed by atoms with Crippen LogP contribution >= 0.6 is 0 Å². The van der Waals surface area contributed by atoms with Gasteiger partial charge in [0.2, 0.25) is 0 Å². The van der Waals surface area contributed by atoms with E-state index in [1.54, 1.807) is 4.68 Å². The van der Waals surface area contributed by atoms with Gasteiger partial charge in [0, 0.05) is 13.0 Å². The SMILES string of the molecule is CCc1cccc(OCc2nnnn2CCCCCC(=O)O)c1. The molecule has 0 atom stereocenters. The number of aliphatic carboxylic acids is 1. The number of benzene rings is 1. The van der Waals surface area contributed by atoms with Crippen molar-refractivity contribution < 1.29 is 14.6 Å². The summed E-state index contributed by atoms with van der Waals surface area (Å²) in [5.41, 5.74) is 1.22. The van der Waals surface area contributed by atoms with Crippen LogP contribution in [-0.4, -0.2) is 31.3 Å². The topological polar surface area (TPSA) is 90.1 Å². The predicted molar refractivity (Wildman–Crippen MR) is 84.1 cm³/mol. The molecule has 2 aromatic rings. The van der Waals surface area contributed by atoms with Gasteiger partial charge < -0.3 is 9.84 Å². The number of hydrogen-bond acceptors (Lipinski definition) is 5. The number of tetrazole rings is 1. The van der Waals surface area contributed by atoms with Crippen LogP contribution in [0.3, 0.4) is 0 Å². The average molecular weight is 318 g/mol. The Morgan fingerprint density at radius 2 is 2.17 bits per heavy atom. The van der Waals surface area contributed by atoms with Crippen LogP contribution in [0.1, 0.15) is 44.0 Å². The van der Waals surface area contributed by atoms with Gasteiger partial charge in [-0.1, -0.05) is 25.5 Å². The summed E-state index contributed by atoms with van der Waals surface area (Å²) in [6.45, 7) is 3.08. The first kappa shape index (κ1) is 16.9. The minimum Gasteiger partial charge on any atom is -0.486 e. The molecule has 0 aliphatic carbocycles. The Balaban J connectivity index is 1.80. The first-order valence-electron chi connectivity index (χ1n) is 7.87. The number of unbranched alkanes of at least 4 members (excludes halogenated alkanes) is 2.